The molecule has 0 spiro atoms. The van der Waals surface area contributed by atoms with Crippen LogP contribution in [0.15, 0.2) is 12.2 Å². The summed E-state index contributed by atoms with van der Waals surface area (Å²) in [6.07, 6.45) is 6.20. The van der Waals surface area contributed by atoms with E-state index in [1.807, 2.05) is 12.2 Å². The highest BCUT2D eigenvalue weighted by atomic mass is 16.5. The average molecular weight is 125 g/mol. The maximum absolute atomic E-state index is 10.5. The van der Waals surface area contributed by atoms with Crippen molar-refractivity contribution in [3.05, 3.63) is 18.6 Å². The number of hydrogen-bond donors (Lipinski definition) is 0. The minimum absolute atomic E-state index is 0.0497. The van der Waals surface area contributed by atoms with Crippen LogP contribution in [-0.4, -0.2) is 12.1 Å². The molecular weight excluding hydrogens is 116 g/mol. The molecule has 1 rings (SSSR count). The van der Waals surface area contributed by atoms with Gasteiger partial charge in [-0.25, -0.2) is 0 Å². The molecule has 0 bridgehead atoms. The zero-order chi connectivity index (χ0) is 6.69. The average Bonchev–Trinajstić information content (AvgIpc) is 1.78. The Labute approximate surface area is 54.5 Å². The molecule has 2 nitrogen and oxygen atoms in total. The Morgan fingerprint density at radius 3 is 2.89 bits per heavy atom. The summed E-state index contributed by atoms with van der Waals surface area (Å²) < 4.78 is 4.85. The summed E-state index contributed by atoms with van der Waals surface area (Å²) in [5.41, 5.74) is 0. The van der Waals surface area contributed by atoms with Crippen LogP contribution in [0.1, 0.15) is 13.3 Å². The molecule has 0 aromatic rings. The van der Waals surface area contributed by atoms with Gasteiger partial charge in [0.15, 0.2) is 0 Å². The SMILES string of the molecule is C[CH]C(=O)OC1C=CC1. The van der Waals surface area contributed by atoms with E-state index in [-0.39, 0.29) is 12.1 Å². The molecule has 0 fully saturated rings. The van der Waals surface area contributed by atoms with E-state index in [1.165, 1.54) is 6.42 Å². The molecule has 0 aromatic carbocycles. The lowest BCUT2D eigenvalue weighted by atomic mass is 10.1. The monoisotopic (exact) mass is 125 g/mol. The molecule has 49 valence electrons. The van der Waals surface area contributed by atoms with Crippen molar-refractivity contribution in [3.8, 4) is 0 Å². The van der Waals surface area contributed by atoms with Gasteiger partial charge in [0, 0.05) is 6.42 Å². The summed E-state index contributed by atoms with van der Waals surface area (Å²) in [5, 5.41) is 0. The van der Waals surface area contributed by atoms with E-state index in [2.05, 4.69) is 0 Å². The van der Waals surface area contributed by atoms with Crippen LogP contribution >= 0.6 is 0 Å². The lowest BCUT2D eigenvalue weighted by Crippen LogP contribution is -2.19. The van der Waals surface area contributed by atoms with Gasteiger partial charge in [0.1, 0.15) is 6.10 Å². The smallest absolute Gasteiger partial charge is 0.310 e. The van der Waals surface area contributed by atoms with Gasteiger partial charge < -0.3 is 4.74 Å². The molecule has 9 heavy (non-hydrogen) atoms. The number of carbonyl (C=O) groups is 1. The van der Waals surface area contributed by atoms with Crippen LogP contribution in [0.4, 0.5) is 0 Å². The molecular formula is C7H9O2. The lowest BCUT2D eigenvalue weighted by molar-refractivity contribution is -0.143. The molecule has 1 atom stereocenters. The normalized spacial score (nSPS) is 23.0. The molecule has 1 aliphatic carbocycles. The third kappa shape index (κ3) is 1.56. The van der Waals surface area contributed by atoms with Crippen LogP contribution in [0.25, 0.3) is 0 Å². The van der Waals surface area contributed by atoms with Crippen LogP contribution in [0.2, 0.25) is 0 Å². The molecule has 0 N–H and O–H groups in total. The molecule has 1 radical (unpaired) electrons. The number of hydrogen-bond acceptors (Lipinski definition) is 2. The molecule has 0 aliphatic heterocycles. The Kier molecular flexibility index (Phi) is 1.88. The van der Waals surface area contributed by atoms with Crippen molar-refractivity contribution in [3.63, 3.8) is 0 Å². The second kappa shape index (κ2) is 2.67. The van der Waals surface area contributed by atoms with Gasteiger partial charge in [0.05, 0.1) is 6.42 Å². The predicted octanol–water partition coefficient (Wildman–Crippen LogP) is 1.08. The van der Waals surface area contributed by atoms with Gasteiger partial charge in [0.25, 0.3) is 0 Å². The Balaban J connectivity index is 2.17. The van der Waals surface area contributed by atoms with Gasteiger partial charge >= 0.3 is 5.97 Å². The quantitative estimate of drug-likeness (QED) is 0.408. The first-order valence-electron chi connectivity index (χ1n) is 2.99. The molecule has 2 heteroatoms. The van der Waals surface area contributed by atoms with Crippen LogP contribution < -0.4 is 0 Å². The van der Waals surface area contributed by atoms with Gasteiger partial charge in [-0.1, -0.05) is 13.0 Å². The Morgan fingerprint density at radius 2 is 2.56 bits per heavy atom. The lowest BCUT2D eigenvalue weighted by Gasteiger charge is -2.17. The fraction of sp³-hybridized carbons (Fsp3) is 0.429. The van der Waals surface area contributed by atoms with Crippen molar-refractivity contribution in [1.29, 1.82) is 0 Å². The fourth-order valence-electron chi connectivity index (χ4n) is 0.552. The van der Waals surface area contributed by atoms with Gasteiger partial charge in [-0.05, 0) is 6.08 Å². The van der Waals surface area contributed by atoms with Crippen LogP contribution in [0.5, 0.6) is 0 Å². The summed E-state index contributed by atoms with van der Waals surface area (Å²) in [6.45, 7) is 1.67. The predicted molar refractivity (Wildman–Crippen MR) is 33.6 cm³/mol. The van der Waals surface area contributed by atoms with Crippen LogP contribution in [0.3, 0.4) is 0 Å². The van der Waals surface area contributed by atoms with E-state index in [9.17, 15) is 4.79 Å². The maximum atomic E-state index is 10.5. The largest absolute Gasteiger partial charge is 0.458 e. The minimum atomic E-state index is -0.232. The molecule has 1 unspecified atom stereocenters. The van der Waals surface area contributed by atoms with Crippen molar-refractivity contribution in [2.45, 2.75) is 19.4 Å². The molecule has 1 aliphatic rings. The Morgan fingerprint density at radius 1 is 1.89 bits per heavy atom. The van der Waals surface area contributed by atoms with Gasteiger partial charge in [0.2, 0.25) is 0 Å². The summed E-state index contributed by atoms with van der Waals surface area (Å²) in [7, 11) is 0. The number of carbonyl (C=O) groups excluding carboxylic acids is 1. The summed E-state index contributed by atoms with van der Waals surface area (Å²) in [6, 6.07) is 0. The first-order chi connectivity index (χ1) is 4.33. The standard InChI is InChI=1S/C7H9O2/c1-2-7(8)9-6-4-3-5-6/h2-4,6H,5H2,1H3. The zero-order valence-corrected chi connectivity index (χ0v) is 5.33. The fourth-order valence-corrected chi connectivity index (χ4v) is 0.552. The molecule has 0 heterocycles. The minimum Gasteiger partial charge on any atom is -0.458 e. The molecule has 0 saturated carbocycles. The number of rotatable bonds is 2. The molecule has 0 saturated heterocycles. The van der Waals surface area contributed by atoms with Gasteiger partial charge in [-0.2, -0.15) is 0 Å². The van der Waals surface area contributed by atoms with E-state index >= 15 is 0 Å². The highest BCUT2D eigenvalue weighted by molar-refractivity contribution is 5.78. The van der Waals surface area contributed by atoms with Crippen LogP contribution in [-0.2, 0) is 9.53 Å². The van der Waals surface area contributed by atoms with E-state index in [0.29, 0.717) is 0 Å². The zero-order valence-electron chi connectivity index (χ0n) is 5.33. The molecule has 0 amide bonds. The first kappa shape index (κ1) is 6.33. The number of ether oxygens (including phenoxy) is 1. The van der Waals surface area contributed by atoms with Crippen LogP contribution in [0, 0.1) is 6.42 Å². The number of esters is 1. The van der Waals surface area contributed by atoms with Crippen molar-refractivity contribution in [2.24, 2.45) is 0 Å². The van der Waals surface area contributed by atoms with E-state index in [1.54, 1.807) is 6.92 Å². The topological polar surface area (TPSA) is 26.3 Å². The second-order valence-corrected chi connectivity index (χ2v) is 1.93. The van der Waals surface area contributed by atoms with Crippen molar-refractivity contribution >= 4 is 5.97 Å². The van der Waals surface area contributed by atoms with E-state index in [0.717, 1.165) is 6.42 Å². The maximum Gasteiger partial charge on any atom is 0.310 e. The summed E-state index contributed by atoms with van der Waals surface area (Å²) in [5.74, 6) is -0.232. The Bertz CT molecular complexity index is 138. The highest BCUT2D eigenvalue weighted by Crippen LogP contribution is 2.11. The van der Waals surface area contributed by atoms with Crippen molar-refractivity contribution in [2.75, 3.05) is 0 Å². The van der Waals surface area contributed by atoms with E-state index < -0.39 is 0 Å². The molecule has 0 aromatic heterocycles. The first-order valence-corrected chi connectivity index (χ1v) is 2.99. The summed E-state index contributed by atoms with van der Waals surface area (Å²) >= 11 is 0. The van der Waals surface area contributed by atoms with E-state index in [4.69, 9.17) is 4.74 Å². The van der Waals surface area contributed by atoms with Crippen molar-refractivity contribution < 1.29 is 9.53 Å². The summed E-state index contributed by atoms with van der Waals surface area (Å²) in [4.78, 5) is 10.5. The third-order valence-electron chi connectivity index (χ3n) is 1.22. The van der Waals surface area contributed by atoms with Gasteiger partial charge in [-0.15, -0.1) is 0 Å². The third-order valence-corrected chi connectivity index (χ3v) is 1.22. The highest BCUT2D eigenvalue weighted by Gasteiger charge is 2.13. The Hall–Kier alpha value is -0.790. The van der Waals surface area contributed by atoms with Crippen molar-refractivity contribution in [1.82, 2.24) is 0 Å². The second-order valence-electron chi connectivity index (χ2n) is 1.93. The van der Waals surface area contributed by atoms with Gasteiger partial charge in [-0.3, -0.25) is 4.79 Å².